The van der Waals surface area contributed by atoms with Crippen molar-refractivity contribution in [2.24, 2.45) is 11.3 Å². The summed E-state index contributed by atoms with van der Waals surface area (Å²) in [7, 11) is 0. The van der Waals surface area contributed by atoms with Gasteiger partial charge in [0.15, 0.2) is 0 Å². The van der Waals surface area contributed by atoms with Crippen molar-refractivity contribution in [1.82, 2.24) is 9.88 Å². The van der Waals surface area contributed by atoms with Gasteiger partial charge in [0.05, 0.1) is 12.8 Å². The van der Waals surface area contributed by atoms with Gasteiger partial charge in [-0.2, -0.15) is 0 Å². The lowest BCUT2D eigenvalue weighted by Gasteiger charge is -2.33. The van der Waals surface area contributed by atoms with Gasteiger partial charge >= 0.3 is 0 Å². The maximum absolute atomic E-state index is 6.12. The molecular weight excluding hydrogens is 276 g/mol. The zero-order valence-corrected chi connectivity index (χ0v) is 13.2. The summed E-state index contributed by atoms with van der Waals surface area (Å²) >= 11 is 0. The van der Waals surface area contributed by atoms with E-state index in [4.69, 9.17) is 9.47 Å². The van der Waals surface area contributed by atoms with E-state index in [1.165, 1.54) is 45.2 Å². The molecule has 0 amide bonds. The lowest BCUT2D eigenvalue weighted by molar-refractivity contribution is 0.0347. The zero-order chi connectivity index (χ0) is 14.8. The molecule has 22 heavy (non-hydrogen) atoms. The second-order valence-corrected chi connectivity index (χ2v) is 7.20. The molecule has 0 unspecified atom stereocenters. The molecule has 0 N–H and O–H groups in total. The molecule has 3 heterocycles. The number of rotatable bonds is 4. The van der Waals surface area contributed by atoms with E-state index in [0.29, 0.717) is 5.41 Å². The van der Waals surface area contributed by atoms with Gasteiger partial charge in [-0.05, 0) is 43.7 Å². The van der Waals surface area contributed by atoms with Crippen LogP contribution in [-0.4, -0.2) is 48.8 Å². The molecular formula is C18H26N2O2. The van der Waals surface area contributed by atoms with Crippen LogP contribution in [0.3, 0.4) is 0 Å². The molecule has 120 valence electrons. The van der Waals surface area contributed by atoms with Crippen molar-refractivity contribution in [2.45, 2.75) is 38.1 Å². The first kappa shape index (κ1) is 14.5. The van der Waals surface area contributed by atoms with E-state index in [1.54, 1.807) is 6.20 Å². The number of aromatic nitrogens is 1. The molecule has 0 radical (unpaired) electrons. The smallest absolute Gasteiger partial charge is 0.137 e. The van der Waals surface area contributed by atoms with Gasteiger partial charge in [0, 0.05) is 44.0 Å². The van der Waals surface area contributed by atoms with E-state index in [0.717, 1.165) is 37.5 Å². The molecule has 3 fully saturated rings. The quantitative estimate of drug-likeness (QED) is 0.856. The number of hydrogen-bond donors (Lipinski definition) is 0. The summed E-state index contributed by atoms with van der Waals surface area (Å²) in [5, 5.41) is 0. The Bertz CT molecular complexity index is 489. The lowest BCUT2D eigenvalue weighted by atomic mass is 9.81. The van der Waals surface area contributed by atoms with Crippen LogP contribution in [0.25, 0.3) is 0 Å². The molecule has 1 aromatic heterocycles. The van der Waals surface area contributed by atoms with Crippen LogP contribution in [0.1, 0.15) is 32.1 Å². The first-order chi connectivity index (χ1) is 10.9. The van der Waals surface area contributed by atoms with Gasteiger partial charge < -0.3 is 9.47 Å². The van der Waals surface area contributed by atoms with Crippen LogP contribution < -0.4 is 4.74 Å². The maximum atomic E-state index is 6.12. The number of nitrogens with zero attached hydrogens (tertiary/aromatic N) is 2. The van der Waals surface area contributed by atoms with Gasteiger partial charge in [-0.15, -0.1) is 0 Å². The molecule has 4 heteroatoms. The van der Waals surface area contributed by atoms with Gasteiger partial charge in [0.2, 0.25) is 0 Å². The summed E-state index contributed by atoms with van der Waals surface area (Å²) in [4.78, 5) is 6.89. The topological polar surface area (TPSA) is 34.6 Å². The molecule has 4 rings (SSSR count). The maximum Gasteiger partial charge on any atom is 0.137 e. The van der Waals surface area contributed by atoms with Crippen molar-refractivity contribution in [3.8, 4) is 5.75 Å². The predicted octanol–water partition coefficient (Wildman–Crippen LogP) is 2.74. The van der Waals surface area contributed by atoms with Crippen LogP contribution in [0, 0.1) is 11.3 Å². The van der Waals surface area contributed by atoms with Gasteiger partial charge in [-0.1, -0.05) is 6.42 Å². The molecule has 3 aliphatic rings. The highest BCUT2D eigenvalue weighted by Crippen LogP contribution is 2.49. The second kappa shape index (κ2) is 6.17. The molecule has 0 spiro atoms. The van der Waals surface area contributed by atoms with Crippen LogP contribution >= 0.6 is 0 Å². The Morgan fingerprint density at radius 2 is 2.23 bits per heavy atom. The Hall–Kier alpha value is -1.13. The zero-order valence-electron chi connectivity index (χ0n) is 13.2. The van der Waals surface area contributed by atoms with Crippen LogP contribution in [0.5, 0.6) is 5.75 Å². The molecule has 0 aromatic carbocycles. The number of ether oxygens (including phenoxy) is 2. The first-order valence-electron chi connectivity index (χ1n) is 8.70. The summed E-state index contributed by atoms with van der Waals surface area (Å²) < 4.78 is 11.6. The number of fused-ring (bicyclic) bond motifs is 1. The minimum Gasteiger partial charge on any atom is -0.491 e. The predicted molar refractivity (Wildman–Crippen MR) is 84.9 cm³/mol. The van der Waals surface area contributed by atoms with Crippen molar-refractivity contribution in [3.05, 3.63) is 24.5 Å². The highest BCUT2D eigenvalue weighted by atomic mass is 16.5. The average molecular weight is 302 g/mol. The fourth-order valence-electron chi connectivity index (χ4n) is 4.68. The summed E-state index contributed by atoms with van der Waals surface area (Å²) in [5.41, 5.74) is 0.369. The summed E-state index contributed by atoms with van der Waals surface area (Å²) in [5.74, 6) is 1.72. The van der Waals surface area contributed by atoms with Gasteiger partial charge in [-0.25, -0.2) is 0 Å². The largest absolute Gasteiger partial charge is 0.491 e. The molecule has 2 aliphatic heterocycles. The van der Waals surface area contributed by atoms with E-state index < -0.39 is 0 Å². The van der Waals surface area contributed by atoms with Crippen molar-refractivity contribution < 1.29 is 9.47 Å². The highest BCUT2D eigenvalue weighted by molar-refractivity contribution is 5.16. The van der Waals surface area contributed by atoms with Crippen molar-refractivity contribution >= 4 is 0 Å². The van der Waals surface area contributed by atoms with Crippen molar-refractivity contribution in [1.29, 1.82) is 0 Å². The van der Waals surface area contributed by atoms with E-state index in [-0.39, 0.29) is 0 Å². The van der Waals surface area contributed by atoms with E-state index >= 15 is 0 Å². The Morgan fingerprint density at radius 3 is 3.05 bits per heavy atom. The first-order valence-corrected chi connectivity index (χ1v) is 8.70. The molecule has 2 saturated heterocycles. The minimum atomic E-state index is 0.369. The Kier molecular flexibility index (Phi) is 4.05. The second-order valence-electron chi connectivity index (χ2n) is 7.20. The Balaban J connectivity index is 1.42. The van der Waals surface area contributed by atoms with E-state index in [2.05, 4.69) is 9.88 Å². The number of likely N-dealkylation sites (tertiary alicyclic amines) is 1. The van der Waals surface area contributed by atoms with Gasteiger partial charge in [-0.3, -0.25) is 9.88 Å². The van der Waals surface area contributed by atoms with Gasteiger partial charge in [0.1, 0.15) is 5.75 Å². The van der Waals surface area contributed by atoms with E-state index in [9.17, 15) is 0 Å². The Morgan fingerprint density at radius 1 is 1.32 bits per heavy atom. The molecule has 1 aromatic rings. The fourth-order valence-corrected chi connectivity index (χ4v) is 4.68. The summed E-state index contributed by atoms with van der Waals surface area (Å²) in [6, 6.07) is 4.69. The number of pyridine rings is 1. The molecule has 1 saturated carbocycles. The summed E-state index contributed by atoms with van der Waals surface area (Å²) in [6.45, 7) is 5.20. The van der Waals surface area contributed by atoms with E-state index in [1.807, 2.05) is 18.3 Å². The lowest BCUT2D eigenvalue weighted by Crippen LogP contribution is -2.40. The molecule has 2 atom stereocenters. The van der Waals surface area contributed by atoms with Crippen LogP contribution in [0.2, 0.25) is 0 Å². The van der Waals surface area contributed by atoms with Crippen LogP contribution in [-0.2, 0) is 4.74 Å². The average Bonchev–Trinajstić information content (AvgIpc) is 3.12. The van der Waals surface area contributed by atoms with Crippen molar-refractivity contribution in [3.63, 3.8) is 0 Å². The monoisotopic (exact) mass is 302 g/mol. The third-order valence-electron chi connectivity index (χ3n) is 5.93. The number of hydrogen-bond acceptors (Lipinski definition) is 4. The minimum absolute atomic E-state index is 0.369. The normalized spacial score (nSPS) is 33.0. The standard InChI is InChI=1S/C18H26N2O2/c1-3-15-12-20(16-5-9-21-10-6-16)13-18(15,7-1)14-22-17-4-2-8-19-11-17/h2,4,8,11,15-16H,1,3,5-7,9-10,12-14H2/t15-,18+/m0/s1. The van der Waals surface area contributed by atoms with Crippen LogP contribution in [0.4, 0.5) is 0 Å². The SMILES string of the molecule is c1cncc(OC[C@]23CCC[C@H]2CN(C2CCOCC2)C3)c1. The Labute approximate surface area is 132 Å². The molecule has 0 bridgehead atoms. The molecule has 1 aliphatic carbocycles. The van der Waals surface area contributed by atoms with Crippen LogP contribution in [0.15, 0.2) is 24.5 Å². The third-order valence-corrected chi connectivity index (χ3v) is 5.93. The molecule has 4 nitrogen and oxygen atoms in total. The summed E-state index contributed by atoms with van der Waals surface area (Å²) in [6.07, 6.45) is 10.1. The third kappa shape index (κ3) is 2.74. The van der Waals surface area contributed by atoms with Gasteiger partial charge in [0.25, 0.3) is 0 Å². The highest BCUT2D eigenvalue weighted by Gasteiger charge is 2.51. The fraction of sp³-hybridized carbons (Fsp3) is 0.722. The van der Waals surface area contributed by atoms with Crippen molar-refractivity contribution in [2.75, 3.05) is 32.9 Å².